The van der Waals surface area contributed by atoms with Crippen LogP contribution < -0.4 is 0 Å². The summed E-state index contributed by atoms with van der Waals surface area (Å²) in [6, 6.07) is 4.46. The molecule has 0 amide bonds. The molecule has 1 saturated heterocycles. The van der Waals surface area contributed by atoms with Crippen molar-refractivity contribution in [3.63, 3.8) is 0 Å². The van der Waals surface area contributed by atoms with Crippen molar-refractivity contribution in [3.05, 3.63) is 23.5 Å². The van der Waals surface area contributed by atoms with Crippen LogP contribution in [0.3, 0.4) is 0 Å². The van der Waals surface area contributed by atoms with Gasteiger partial charge in [0.05, 0.1) is 0 Å². The lowest BCUT2D eigenvalue weighted by atomic mass is 10.0. The molecule has 2 rings (SSSR count). The van der Waals surface area contributed by atoms with E-state index in [1.807, 2.05) is 0 Å². The summed E-state index contributed by atoms with van der Waals surface area (Å²) in [7, 11) is 0. The van der Waals surface area contributed by atoms with Crippen molar-refractivity contribution in [2.45, 2.75) is 33.2 Å². The van der Waals surface area contributed by atoms with Crippen LogP contribution in [0.15, 0.2) is 12.1 Å². The second-order valence-corrected chi connectivity index (χ2v) is 5.51. The molecule has 14 heavy (non-hydrogen) atoms. The van der Waals surface area contributed by atoms with E-state index in [2.05, 4.69) is 42.3 Å². The molecule has 78 valence electrons. The Morgan fingerprint density at radius 1 is 1.21 bits per heavy atom. The average molecular weight is 209 g/mol. The average Bonchev–Trinajstić information content (AvgIpc) is 2.51. The maximum atomic E-state index is 2.47. The fourth-order valence-electron chi connectivity index (χ4n) is 2.17. The Labute approximate surface area is 90.9 Å². The van der Waals surface area contributed by atoms with E-state index in [0.717, 1.165) is 5.92 Å². The molecule has 0 bridgehead atoms. The Bertz CT molecular complexity index is 278. The zero-order valence-electron chi connectivity index (χ0n) is 9.12. The molecule has 0 aromatic carbocycles. The minimum Gasteiger partial charge on any atom is -0.349 e. The quantitative estimate of drug-likeness (QED) is 0.724. The number of hydrogen-bond acceptors (Lipinski definition) is 1. The first-order valence-corrected chi connectivity index (χ1v) is 6.63. The minimum absolute atomic E-state index is 0.918. The van der Waals surface area contributed by atoms with Crippen LogP contribution >= 0.6 is 11.8 Å². The highest BCUT2D eigenvalue weighted by Gasteiger charge is 2.15. The Kier molecular flexibility index (Phi) is 3.22. The number of hydrogen-bond donors (Lipinski definition) is 0. The van der Waals surface area contributed by atoms with Gasteiger partial charge < -0.3 is 4.57 Å². The van der Waals surface area contributed by atoms with Crippen molar-refractivity contribution >= 4 is 11.8 Å². The summed E-state index contributed by atoms with van der Waals surface area (Å²) in [5.74, 6) is 3.65. The van der Waals surface area contributed by atoms with Crippen molar-refractivity contribution in [1.82, 2.24) is 4.57 Å². The SMILES string of the molecule is Cc1ccc(C)n1CC1CCSCC1. The van der Waals surface area contributed by atoms with E-state index in [9.17, 15) is 0 Å². The Balaban J connectivity index is 2.02. The molecule has 1 aliphatic heterocycles. The van der Waals surface area contributed by atoms with E-state index in [4.69, 9.17) is 0 Å². The fraction of sp³-hybridized carbons (Fsp3) is 0.667. The molecular formula is C12H19NS. The van der Waals surface area contributed by atoms with Gasteiger partial charge in [-0.15, -0.1) is 0 Å². The number of aryl methyl sites for hydroxylation is 2. The molecule has 1 nitrogen and oxygen atoms in total. The van der Waals surface area contributed by atoms with E-state index >= 15 is 0 Å². The fourth-order valence-corrected chi connectivity index (χ4v) is 3.38. The maximum absolute atomic E-state index is 2.47. The van der Waals surface area contributed by atoms with Crippen molar-refractivity contribution in [3.8, 4) is 0 Å². The van der Waals surface area contributed by atoms with Gasteiger partial charge in [0, 0.05) is 17.9 Å². The zero-order valence-corrected chi connectivity index (χ0v) is 9.94. The molecule has 0 unspecified atom stereocenters. The standard InChI is InChI=1S/C12H19NS/c1-10-3-4-11(2)13(10)9-12-5-7-14-8-6-12/h3-4,12H,5-9H2,1-2H3. The molecular weight excluding hydrogens is 190 g/mol. The topological polar surface area (TPSA) is 4.93 Å². The third-order valence-electron chi connectivity index (χ3n) is 3.20. The Morgan fingerprint density at radius 2 is 1.79 bits per heavy atom. The van der Waals surface area contributed by atoms with Crippen molar-refractivity contribution in [2.24, 2.45) is 5.92 Å². The highest BCUT2D eigenvalue weighted by atomic mass is 32.2. The van der Waals surface area contributed by atoms with Crippen LogP contribution in [0.1, 0.15) is 24.2 Å². The number of nitrogens with zero attached hydrogens (tertiary/aromatic N) is 1. The number of rotatable bonds is 2. The van der Waals surface area contributed by atoms with E-state index in [1.54, 1.807) is 0 Å². The van der Waals surface area contributed by atoms with E-state index in [0.29, 0.717) is 0 Å². The van der Waals surface area contributed by atoms with Gasteiger partial charge in [-0.3, -0.25) is 0 Å². The lowest BCUT2D eigenvalue weighted by molar-refractivity contribution is 0.409. The van der Waals surface area contributed by atoms with Crippen LogP contribution in [0.2, 0.25) is 0 Å². The monoisotopic (exact) mass is 209 g/mol. The summed E-state index contributed by atoms with van der Waals surface area (Å²) in [5.41, 5.74) is 2.83. The molecule has 0 radical (unpaired) electrons. The third-order valence-corrected chi connectivity index (χ3v) is 4.25. The van der Waals surface area contributed by atoms with E-state index < -0.39 is 0 Å². The molecule has 0 atom stereocenters. The lowest BCUT2D eigenvalue weighted by Gasteiger charge is -2.23. The molecule has 0 aliphatic carbocycles. The third kappa shape index (κ3) is 2.17. The molecule has 1 fully saturated rings. The second kappa shape index (κ2) is 4.43. The Hall–Kier alpha value is -0.370. The smallest absolute Gasteiger partial charge is 0.0253 e. The van der Waals surface area contributed by atoms with Gasteiger partial charge in [0.25, 0.3) is 0 Å². The first-order valence-electron chi connectivity index (χ1n) is 5.48. The van der Waals surface area contributed by atoms with Crippen molar-refractivity contribution in [1.29, 1.82) is 0 Å². The van der Waals surface area contributed by atoms with Crippen molar-refractivity contribution < 1.29 is 0 Å². The molecule has 1 aromatic heterocycles. The number of thioether (sulfide) groups is 1. The molecule has 0 saturated carbocycles. The van der Waals surface area contributed by atoms with Gasteiger partial charge in [-0.05, 0) is 56.2 Å². The van der Waals surface area contributed by atoms with Crippen LogP contribution in [0, 0.1) is 19.8 Å². The van der Waals surface area contributed by atoms with Gasteiger partial charge >= 0.3 is 0 Å². The first-order chi connectivity index (χ1) is 6.77. The molecule has 0 spiro atoms. The zero-order chi connectivity index (χ0) is 9.97. The van der Waals surface area contributed by atoms with E-state index in [1.165, 1.54) is 42.3 Å². The summed E-state index contributed by atoms with van der Waals surface area (Å²) < 4.78 is 2.47. The highest BCUT2D eigenvalue weighted by Crippen LogP contribution is 2.25. The normalized spacial score (nSPS) is 18.7. The van der Waals surface area contributed by atoms with Gasteiger partial charge in [-0.2, -0.15) is 11.8 Å². The van der Waals surface area contributed by atoms with Crippen LogP contribution in [0.4, 0.5) is 0 Å². The minimum atomic E-state index is 0.918. The molecule has 2 heterocycles. The maximum Gasteiger partial charge on any atom is 0.0253 e. The predicted molar refractivity (Wildman–Crippen MR) is 64.0 cm³/mol. The van der Waals surface area contributed by atoms with Crippen LogP contribution in [-0.4, -0.2) is 16.1 Å². The van der Waals surface area contributed by atoms with Gasteiger partial charge in [0.2, 0.25) is 0 Å². The first kappa shape index (κ1) is 10.2. The lowest BCUT2D eigenvalue weighted by Crippen LogP contribution is -2.17. The summed E-state index contributed by atoms with van der Waals surface area (Å²) >= 11 is 2.11. The van der Waals surface area contributed by atoms with Crippen molar-refractivity contribution in [2.75, 3.05) is 11.5 Å². The predicted octanol–water partition coefficient (Wildman–Crippen LogP) is 3.25. The Morgan fingerprint density at radius 3 is 2.36 bits per heavy atom. The second-order valence-electron chi connectivity index (χ2n) is 4.28. The van der Waals surface area contributed by atoms with Gasteiger partial charge in [0.1, 0.15) is 0 Å². The summed E-state index contributed by atoms with van der Waals surface area (Å²) in [5, 5.41) is 0. The van der Waals surface area contributed by atoms with Crippen LogP contribution in [0.5, 0.6) is 0 Å². The van der Waals surface area contributed by atoms with E-state index in [-0.39, 0.29) is 0 Å². The highest BCUT2D eigenvalue weighted by molar-refractivity contribution is 7.99. The van der Waals surface area contributed by atoms with Crippen LogP contribution in [0.25, 0.3) is 0 Å². The van der Waals surface area contributed by atoms with Crippen LogP contribution in [-0.2, 0) is 6.54 Å². The molecule has 1 aliphatic rings. The molecule has 1 aromatic rings. The summed E-state index contributed by atoms with van der Waals surface area (Å²) in [4.78, 5) is 0. The van der Waals surface area contributed by atoms with Gasteiger partial charge in [-0.1, -0.05) is 0 Å². The van der Waals surface area contributed by atoms with Gasteiger partial charge in [0.15, 0.2) is 0 Å². The molecule has 0 N–H and O–H groups in total. The number of aromatic nitrogens is 1. The summed E-state index contributed by atoms with van der Waals surface area (Å²) in [6.07, 6.45) is 2.81. The summed E-state index contributed by atoms with van der Waals surface area (Å²) in [6.45, 7) is 5.67. The molecule has 2 heteroatoms. The van der Waals surface area contributed by atoms with Gasteiger partial charge in [-0.25, -0.2) is 0 Å². The largest absolute Gasteiger partial charge is 0.349 e.